The Balaban J connectivity index is 1.74. The Labute approximate surface area is 192 Å². The highest BCUT2D eigenvalue weighted by Crippen LogP contribution is 2.42. The van der Waals surface area contributed by atoms with Crippen LogP contribution in [0.4, 0.5) is 11.4 Å². The number of anilines is 1. The van der Waals surface area contributed by atoms with Crippen LogP contribution in [0.1, 0.15) is 28.3 Å². The van der Waals surface area contributed by atoms with Crippen LogP contribution in [0.15, 0.2) is 109 Å². The quantitative estimate of drug-likeness (QED) is 0.207. The highest BCUT2D eigenvalue weighted by molar-refractivity contribution is 5.94. The monoisotopic (exact) mass is 428 g/mol. The molecule has 0 spiro atoms. The molecule has 4 aromatic carbocycles. The summed E-state index contributed by atoms with van der Waals surface area (Å²) >= 11 is 0. The van der Waals surface area contributed by atoms with Crippen LogP contribution in [0.25, 0.3) is 11.8 Å². The molecule has 0 N–H and O–H groups in total. The zero-order valence-electron chi connectivity index (χ0n) is 17.8. The summed E-state index contributed by atoms with van der Waals surface area (Å²) in [7, 11) is 0. The summed E-state index contributed by atoms with van der Waals surface area (Å²) < 4.78 is 0. The highest BCUT2D eigenvalue weighted by atomic mass is 16.6. The van der Waals surface area contributed by atoms with Gasteiger partial charge in [0.05, 0.1) is 10.6 Å². The molecule has 33 heavy (non-hydrogen) atoms. The first-order chi connectivity index (χ1) is 16.2. The molecule has 1 aliphatic heterocycles. The van der Waals surface area contributed by atoms with E-state index in [1.54, 1.807) is 12.1 Å². The predicted molar refractivity (Wildman–Crippen MR) is 132 cm³/mol. The minimum atomic E-state index is -0.363. The number of nitrogens with zero attached hydrogens (tertiary/aromatic N) is 2. The van der Waals surface area contributed by atoms with Gasteiger partial charge < -0.3 is 4.90 Å². The lowest BCUT2D eigenvalue weighted by Crippen LogP contribution is -2.29. The fourth-order valence-corrected chi connectivity index (χ4v) is 4.08. The topological polar surface area (TPSA) is 46.4 Å². The van der Waals surface area contributed by atoms with Crippen LogP contribution in [0.5, 0.6) is 0 Å². The van der Waals surface area contributed by atoms with Gasteiger partial charge in [0.2, 0.25) is 0 Å². The highest BCUT2D eigenvalue weighted by Gasteiger charge is 2.30. The SMILES string of the molecule is O=[N+]([O-])c1cccc(N2C(c3ccccc3)=Cc3ccccc3C2C#Cc2ccccc2)c1. The molecule has 5 rings (SSSR count). The van der Waals surface area contributed by atoms with Crippen molar-refractivity contribution in [1.29, 1.82) is 0 Å². The van der Waals surface area contributed by atoms with Gasteiger partial charge in [-0.3, -0.25) is 10.1 Å². The fourth-order valence-electron chi connectivity index (χ4n) is 4.08. The van der Waals surface area contributed by atoms with Crippen molar-refractivity contribution in [3.8, 4) is 11.8 Å². The van der Waals surface area contributed by atoms with E-state index in [2.05, 4.69) is 34.9 Å². The van der Waals surface area contributed by atoms with Gasteiger partial charge >= 0.3 is 0 Å². The Hall–Kier alpha value is -4.62. The number of benzene rings is 4. The third-order valence-electron chi connectivity index (χ3n) is 5.62. The van der Waals surface area contributed by atoms with E-state index in [9.17, 15) is 10.1 Å². The van der Waals surface area contributed by atoms with E-state index in [0.29, 0.717) is 0 Å². The summed E-state index contributed by atoms with van der Waals surface area (Å²) in [6, 6.07) is 34.5. The van der Waals surface area contributed by atoms with E-state index in [0.717, 1.165) is 33.6 Å². The summed E-state index contributed by atoms with van der Waals surface area (Å²) in [5.74, 6) is 6.77. The number of rotatable bonds is 3. The average Bonchev–Trinajstić information content (AvgIpc) is 2.88. The van der Waals surface area contributed by atoms with Crippen LogP contribution < -0.4 is 4.90 Å². The lowest BCUT2D eigenvalue weighted by molar-refractivity contribution is -0.384. The number of hydrogen-bond donors (Lipinski definition) is 0. The van der Waals surface area contributed by atoms with E-state index >= 15 is 0 Å². The molecule has 0 amide bonds. The first-order valence-electron chi connectivity index (χ1n) is 10.7. The molecule has 0 aliphatic carbocycles. The summed E-state index contributed by atoms with van der Waals surface area (Å²) in [4.78, 5) is 13.3. The van der Waals surface area contributed by atoms with Crippen molar-refractivity contribution < 1.29 is 4.92 Å². The minimum Gasteiger partial charge on any atom is -0.322 e. The molecule has 0 radical (unpaired) electrons. The second kappa shape index (κ2) is 8.86. The maximum atomic E-state index is 11.5. The van der Waals surface area contributed by atoms with Crippen molar-refractivity contribution >= 4 is 23.1 Å². The number of fused-ring (bicyclic) bond motifs is 1. The predicted octanol–water partition coefficient (Wildman–Crippen LogP) is 6.71. The lowest BCUT2D eigenvalue weighted by Gasteiger charge is -2.37. The van der Waals surface area contributed by atoms with E-state index in [4.69, 9.17) is 0 Å². The first kappa shape index (κ1) is 20.3. The van der Waals surface area contributed by atoms with Crippen molar-refractivity contribution in [2.24, 2.45) is 0 Å². The van der Waals surface area contributed by atoms with Crippen LogP contribution in [-0.4, -0.2) is 4.92 Å². The Bertz CT molecular complexity index is 1400. The molecule has 0 saturated heterocycles. The average molecular weight is 428 g/mol. The third kappa shape index (κ3) is 4.13. The molecular formula is C29H20N2O2. The van der Waals surface area contributed by atoms with Gasteiger partial charge in [0.25, 0.3) is 5.69 Å². The van der Waals surface area contributed by atoms with Crippen LogP contribution in [0.3, 0.4) is 0 Å². The number of hydrogen-bond acceptors (Lipinski definition) is 3. The Morgan fingerprint density at radius 3 is 2.24 bits per heavy atom. The van der Waals surface area contributed by atoms with Crippen LogP contribution >= 0.6 is 0 Å². The molecule has 158 valence electrons. The van der Waals surface area contributed by atoms with E-state index in [-0.39, 0.29) is 16.7 Å². The van der Waals surface area contributed by atoms with Crippen molar-refractivity contribution in [2.45, 2.75) is 6.04 Å². The number of nitro benzene ring substituents is 1. The largest absolute Gasteiger partial charge is 0.322 e. The molecular weight excluding hydrogens is 408 g/mol. The van der Waals surface area contributed by atoms with Crippen molar-refractivity contribution in [2.75, 3.05) is 4.90 Å². The van der Waals surface area contributed by atoms with Gasteiger partial charge in [0, 0.05) is 23.4 Å². The summed E-state index contributed by atoms with van der Waals surface area (Å²) in [5, 5.41) is 11.5. The Morgan fingerprint density at radius 1 is 0.788 bits per heavy atom. The molecule has 1 atom stereocenters. The standard InChI is InChI=1S/C29H20N2O2/c32-31(33)26-16-9-15-25(21-26)30-28(19-18-22-10-3-1-4-11-22)27-17-8-7-14-24(27)20-29(30)23-12-5-2-6-13-23/h1-17,20-21,28H. The van der Waals surface area contributed by atoms with Gasteiger partial charge in [0.1, 0.15) is 6.04 Å². The van der Waals surface area contributed by atoms with Gasteiger partial charge in [-0.1, -0.05) is 90.7 Å². The Morgan fingerprint density at radius 2 is 1.48 bits per heavy atom. The molecule has 0 bridgehead atoms. The molecule has 0 saturated carbocycles. The molecule has 0 aromatic heterocycles. The Kier molecular flexibility index (Phi) is 5.45. The zero-order chi connectivity index (χ0) is 22.6. The van der Waals surface area contributed by atoms with E-state index < -0.39 is 0 Å². The van der Waals surface area contributed by atoms with Crippen LogP contribution in [0, 0.1) is 22.0 Å². The van der Waals surface area contributed by atoms with E-state index in [1.165, 1.54) is 6.07 Å². The summed E-state index contributed by atoms with van der Waals surface area (Å²) in [5.41, 5.74) is 5.81. The van der Waals surface area contributed by atoms with Gasteiger partial charge in [0.15, 0.2) is 0 Å². The van der Waals surface area contributed by atoms with Crippen molar-refractivity contribution in [1.82, 2.24) is 0 Å². The lowest BCUT2D eigenvalue weighted by atomic mass is 9.91. The molecule has 1 heterocycles. The summed E-state index contributed by atoms with van der Waals surface area (Å²) in [6.45, 7) is 0. The van der Waals surface area contributed by atoms with Crippen molar-refractivity contribution in [3.05, 3.63) is 142 Å². The van der Waals surface area contributed by atoms with Gasteiger partial charge in [-0.15, -0.1) is 0 Å². The van der Waals surface area contributed by atoms with Gasteiger partial charge in [-0.2, -0.15) is 0 Å². The maximum absolute atomic E-state index is 11.5. The van der Waals surface area contributed by atoms with E-state index in [1.807, 2.05) is 78.9 Å². The molecule has 4 heteroatoms. The van der Waals surface area contributed by atoms with Gasteiger partial charge in [-0.25, -0.2) is 0 Å². The normalized spacial score (nSPS) is 14.5. The molecule has 4 aromatic rings. The molecule has 1 unspecified atom stereocenters. The zero-order valence-corrected chi connectivity index (χ0v) is 17.8. The molecule has 4 nitrogen and oxygen atoms in total. The smallest absolute Gasteiger partial charge is 0.271 e. The van der Waals surface area contributed by atoms with Crippen LogP contribution in [-0.2, 0) is 0 Å². The third-order valence-corrected chi connectivity index (χ3v) is 5.62. The van der Waals surface area contributed by atoms with Gasteiger partial charge in [-0.05, 0) is 41.0 Å². The fraction of sp³-hybridized carbons (Fsp3) is 0.0345. The molecule has 1 aliphatic rings. The number of nitro groups is 1. The van der Waals surface area contributed by atoms with Crippen LogP contribution in [0.2, 0.25) is 0 Å². The summed E-state index contributed by atoms with van der Waals surface area (Å²) in [6.07, 6.45) is 2.13. The first-order valence-corrected chi connectivity index (χ1v) is 10.7. The number of non-ortho nitro benzene ring substituents is 1. The maximum Gasteiger partial charge on any atom is 0.271 e. The molecule has 0 fully saturated rings. The minimum absolute atomic E-state index is 0.0496. The second-order valence-electron chi connectivity index (χ2n) is 7.71. The van der Waals surface area contributed by atoms with Crippen molar-refractivity contribution in [3.63, 3.8) is 0 Å². The second-order valence-corrected chi connectivity index (χ2v) is 7.71.